The molecule has 1 unspecified atom stereocenters. The fourth-order valence-electron chi connectivity index (χ4n) is 2.81. The second-order valence-electron chi connectivity index (χ2n) is 6.16. The minimum absolute atomic E-state index is 0.379. The highest BCUT2D eigenvalue weighted by Gasteiger charge is 2.27. The fourth-order valence-corrected chi connectivity index (χ4v) is 2.81. The summed E-state index contributed by atoms with van der Waals surface area (Å²) in [5.74, 6) is 0. The molecular formula is C14H31N3. The molecule has 3 nitrogen and oxygen atoms in total. The van der Waals surface area contributed by atoms with E-state index in [2.05, 4.69) is 49.7 Å². The van der Waals surface area contributed by atoms with E-state index >= 15 is 0 Å². The molecule has 0 aromatic heterocycles. The zero-order chi connectivity index (χ0) is 12.9. The molecule has 1 saturated heterocycles. The molecule has 0 bridgehead atoms. The van der Waals surface area contributed by atoms with Gasteiger partial charge in [0.15, 0.2) is 0 Å². The van der Waals surface area contributed by atoms with Gasteiger partial charge in [-0.2, -0.15) is 0 Å². The van der Waals surface area contributed by atoms with Crippen LogP contribution >= 0.6 is 0 Å². The third-order valence-electron chi connectivity index (χ3n) is 3.76. The van der Waals surface area contributed by atoms with Gasteiger partial charge >= 0.3 is 0 Å². The van der Waals surface area contributed by atoms with Gasteiger partial charge in [0.05, 0.1) is 0 Å². The predicted octanol–water partition coefficient (Wildman–Crippen LogP) is 1.65. The SMILES string of the molecule is CCNCC(C)(C)CN1CCN(CC)C(C)C1. The number of likely N-dealkylation sites (N-methyl/N-ethyl adjacent to an activating group) is 1. The van der Waals surface area contributed by atoms with Crippen molar-refractivity contribution >= 4 is 0 Å². The Balaban J connectivity index is 2.37. The van der Waals surface area contributed by atoms with Crippen LogP contribution in [0.15, 0.2) is 0 Å². The monoisotopic (exact) mass is 241 g/mol. The van der Waals surface area contributed by atoms with Crippen molar-refractivity contribution in [2.45, 2.75) is 40.7 Å². The molecule has 0 aromatic carbocycles. The van der Waals surface area contributed by atoms with Crippen molar-refractivity contribution in [2.24, 2.45) is 5.41 Å². The smallest absolute Gasteiger partial charge is 0.0195 e. The molecule has 0 radical (unpaired) electrons. The molecule has 1 aliphatic rings. The van der Waals surface area contributed by atoms with Gasteiger partial charge in [-0.25, -0.2) is 0 Å². The van der Waals surface area contributed by atoms with Crippen LogP contribution in [-0.4, -0.2) is 61.7 Å². The maximum absolute atomic E-state index is 3.47. The van der Waals surface area contributed by atoms with Gasteiger partial charge in [-0.3, -0.25) is 9.80 Å². The van der Waals surface area contributed by atoms with Crippen LogP contribution in [0.1, 0.15) is 34.6 Å². The highest BCUT2D eigenvalue weighted by Crippen LogP contribution is 2.18. The first kappa shape index (κ1) is 14.9. The normalized spacial score (nSPS) is 24.2. The first-order valence-electron chi connectivity index (χ1n) is 7.15. The molecule has 1 N–H and O–H groups in total. The minimum atomic E-state index is 0.379. The van der Waals surface area contributed by atoms with Crippen LogP contribution in [0.5, 0.6) is 0 Å². The quantitative estimate of drug-likeness (QED) is 0.763. The number of nitrogens with one attached hydrogen (secondary N) is 1. The van der Waals surface area contributed by atoms with Crippen molar-refractivity contribution < 1.29 is 0 Å². The molecule has 1 fully saturated rings. The van der Waals surface area contributed by atoms with E-state index in [1.807, 2.05) is 0 Å². The lowest BCUT2D eigenvalue weighted by Gasteiger charge is -2.42. The molecule has 1 heterocycles. The van der Waals surface area contributed by atoms with Gasteiger partial charge in [-0.05, 0) is 25.4 Å². The first-order chi connectivity index (χ1) is 7.98. The third kappa shape index (κ3) is 4.94. The summed E-state index contributed by atoms with van der Waals surface area (Å²) in [7, 11) is 0. The highest BCUT2D eigenvalue weighted by atomic mass is 15.3. The number of piperazine rings is 1. The van der Waals surface area contributed by atoms with Gasteiger partial charge in [-0.15, -0.1) is 0 Å². The van der Waals surface area contributed by atoms with Crippen molar-refractivity contribution in [1.29, 1.82) is 0 Å². The summed E-state index contributed by atoms with van der Waals surface area (Å²) in [6.07, 6.45) is 0. The van der Waals surface area contributed by atoms with E-state index in [9.17, 15) is 0 Å². The van der Waals surface area contributed by atoms with Crippen molar-refractivity contribution in [2.75, 3.05) is 45.8 Å². The van der Waals surface area contributed by atoms with Gasteiger partial charge in [0.2, 0.25) is 0 Å². The second kappa shape index (κ2) is 6.72. The van der Waals surface area contributed by atoms with Crippen molar-refractivity contribution in [1.82, 2.24) is 15.1 Å². The van der Waals surface area contributed by atoms with Crippen molar-refractivity contribution in [3.63, 3.8) is 0 Å². The molecule has 1 atom stereocenters. The topological polar surface area (TPSA) is 18.5 Å². The Bertz CT molecular complexity index is 216. The minimum Gasteiger partial charge on any atom is -0.316 e. The van der Waals surface area contributed by atoms with Crippen LogP contribution in [0.3, 0.4) is 0 Å². The standard InChI is InChI=1S/C14H31N3/c1-6-15-11-14(4,5)12-16-8-9-17(7-2)13(3)10-16/h13,15H,6-12H2,1-5H3. The van der Waals surface area contributed by atoms with E-state index in [4.69, 9.17) is 0 Å². The van der Waals surface area contributed by atoms with Gasteiger partial charge in [0, 0.05) is 38.8 Å². The fraction of sp³-hybridized carbons (Fsp3) is 1.00. The highest BCUT2D eigenvalue weighted by molar-refractivity contribution is 4.83. The van der Waals surface area contributed by atoms with Crippen molar-refractivity contribution in [3.8, 4) is 0 Å². The summed E-state index contributed by atoms with van der Waals surface area (Å²) >= 11 is 0. The largest absolute Gasteiger partial charge is 0.316 e. The molecular weight excluding hydrogens is 210 g/mol. The zero-order valence-electron chi connectivity index (χ0n) is 12.4. The molecule has 1 aliphatic heterocycles. The Kier molecular flexibility index (Phi) is 5.90. The summed E-state index contributed by atoms with van der Waals surface area (Å²) in [6, 6.07) is 0.712. The maximum atomic E-state index is 3.47. The lowest BCUT2D eigenvalue weighted by molar-refractivity contribution is 0.0623. The van der Waals surface area contributed by atoms with Gasteiger partial charge < -0.3 is 5.32 Å². The summed E-state index contributed by atoms with van der Waals surface area (Å²) in [5, 5.41) is 3.47. The summed E-state index contributed by atoms with van der Waals surface area (Å²) in [5.41, 5.74) is 0.379. The Hall–Kier alpha value is -0.120. The number of nitrogens with zero attached hydrogens (tertiary/aromatic N) is 2. The molecule has 0 spiro atoms. The summed E-state index contributed by atoms with van der Waals surface area (Å²) in [4.78, 5) is 5.21. The molecule has 0 saturated carbocycles. The summed E-state index contributed by atoms with van der Waals surface area (Å²) in [6.45, 7) is 19.8. The van der Waals surface area contributed by atoms with Crippen molar-refractivity contribution in [3.05, 3.63) is 0 Å². The molecule has 17 heavy (non-hydrogen) atoms. The molecule has 0 aliphatic carbocycles. The average Bonchev–Trinajstić information content (AvgIpc) is 2.26. The zero-order valence-corrected chi connectivity index (χ0v) is 12.4. The maximum Gasteiger partial charge on any atom is 0.0195 e. The Morgan fingerprint density at radius 2 is 1.94 bits per heavy atom. The van der Waals surface area contributed by atoms with E-state index in [1.54, 1.807) is 0 Å². The Morgan fingerprint density at radius 3 is 2.47 bits per heavy atom. The average molecular weight is 241 g/mol. The van der Waals surface area contributed by atoms with Crippen LogP contribution in [0.2, 0.25) is 0 Å². The number of hydrogen-bond donors (Lipinski definition) is 1. The molecule has 0 amide bonds. The van der Waals surface area contributed by atoms with Crippen LogP contribution in [0, 0.1) is 5.41 Å². The summed E-state index contributed by atoms with van der Waals surface area (Å²) < 4.78 is 0. The van der Waals surface area contributed by atoms with E-state index < -0.39 is 0 Å². The van der Waals surface area contributed by atoms with E-state index in [0.717, 1.165) is 13.1 Å². The molecule has 102 valence electrons. The number of rotatable bonds is 6. The van der Waals surface area contributed by atoms with Gasteiger partial charge in [0.25, 0.3) is 0 Å². The predicted molar refractivity (Wildman–Crippen MR) is 75.5 cm³/mol. The van der Waals surface area contributed by atoms with Crippen LogP contribution in [0.25, 0.3) is 0 Å². The second-order valence-corrected chi connectivity index (χ2v) is 6.16. The number of hydrogen-bond acceptors (Lipinski definition) is 3. The van der Waals surface area contributed by atoms with Gasteiger partial charge in [-0.1, -0.05) is 27.7 Å². The Morgan fingerprint density at radius 1 is 1.24 bits per heavy atom. The molecule has 3 heteroatoms. The van der Waals surface area contributed by atoms with Gasteiger partial charge in [0.1, 0.15) is 0 Å². The van der Waals surface area contributed by atoms with E-state index in [1.165, 1.54) is 32.7 Å². The van der Waals surface area contributed by atoms with E-state index in [0.29, 0.717) is 11.5 Å². The lowest BCUT2D eigenvalue weighted by Crippen LogP contribution is -2.54. The van der Waals surface area contributed by atoms with Crippen LogP contribution in [0.4, 0.5) is 0 Å². The van der Waals surface area contributed by atoms with Crippen LogP contribution in [-0.2, 0) is 0 Å². The van der Waals surface area contributed by atoms with Crippen LogP contribution < -0.4 is 5.32 Å². The third-order valence-corrected chi connectivity index (χ3v) is 3.76. The lowest BCUT2D eigenvalue weighted by atomic mass is 9.92. The Labute approximate surface area is 108 Å². The first-order valence-corrected chi connectivity index (χ1v) is 7.15. The molecule has 1 rings (SSSR count). The molecule has 0 aromatic rings. The van der Waals surface area contributed by atoms with E-state index in [-0.39, 0.29) is 0 Å².